The summed E-state index contributed by atoms with van der Waals surface area (Å²) in [5.41, 5.74) is 5.23. The van der Waals surface area contributed by atoms with Gasteiger partial charge in [0.05, 0.1) is 27.6 Å². The molecule has 3 aromatic heterocycles. The summed E-state index contributed by atoms with van der Waals surface area (Å²) in [6.07, 6.45) is -0.856. The summed E-state index contributed by atoms with van der Waals surface area (Å²) >= 11 is 4.71. The molecule has 188 valence electrons. The molecule has 0 radical (unpaired) electrons. The van der Waals surface area contributed by atoms with Gasteiger partial charge in [0.15, 0.2) is 0 Å². The summed E-state index contributed by atoms with van der Waals surface area (Å²) in [7, 11) is 0. The van der Waals surface area contributed by atoms with E-state index in [9.17, 15) is 9.59 Å². The number of carbonyl (C=O) groups excluding carboxylic acids is 1. The van der Waals surface area contributed by atoms with E-state index in [0.29, 0.717) is 5.69 Å². The van der Waals surface area contributed by atoms with Crippen LogP contribution in [0.25, 0.3) is 29.6 Å². The van der Waals surface area contributed by atoms with Crippen LogP contribution in [0.2, 0.25) is 0 Å². The van der Waals surface area contributed by atoms with Gasteiger partial charge in [-0.15, -0.1) is 22.7 Å². The monoisotopic (exact) mass is 548 g/mol. The lowest BCUT2D eigenvalue weighted by Crippen LogP contribution is -2.16. The molecule has 5 rings (SSSR count). The highest BCUT2D eigenvalue weighted by Gasteiger charge is 2.20. The van der Waals surface area contributed by atoms with Gasteiger partial charge in [0.1, 0.15) is 6.10 Å². The molecule has 2 aromatic carbocycles. The molecule has 5 aromatic rings. The minimum Gasteiger partial charge on any atom is -0.481 e. The molecule has 37 heavy (non-hydrogen) atoms. The van der Waals surface area contributed by atoms with Gasteiger partial charge in [-0.3, -0.25) is 10.1 Å². The largest absolute Gasteiger partial charge is 0.481 e. The zero-order valence-electron chi connectivity index (χ0n) is 20.4. The summed E-state index contributed by atoms with van der Waals surface area (Å²) in [6, 6.07) is 19.8. The Bertz CT molecular complexity index is 1570. The summed E-state index contributed by atoms with van der Waals surface area (Å²) in [4.78, 5) is 26.8. The van der Waals surface area contributed by atoms with E-state index in [1.54, 1.807) is 22.7 Å². The van der Waals surface area contributed by atoms with Crippen molar-refractivity contribution in [3.05, 3.63) is 83.0 Å². The molecule has 2 N–H and O–H groups in total. The number of hydrogen-bond acceptors (Lipinski definition) is 7. The van der Waals surface area contributed by atoms with Crippen LogP contribution in [0.15, 0.2) is 60.7 Å². The van der Waals surface area contributed by atoms with Gasteiger partial charge in [0.25, 0.3) is 0 Å². The Morgan fingerprint density at radius 3 is 2.41 bits per heavy atom. The Labute approximate surface area is 226 Å². The van der Waals surface area contributed by atoms with Crippen molar-refractivity contribution in [3.8, 4) is 20.2 Å². The summed E-state index contributed by atoms with van der Waals surface area (Å²) in [6.45, 7) is 5.67. The van der Waals surface area contributed by atoms with Crippen molar-refractivity contribution in [1.29, 1.82) is 0 Å². The number of aromatic nitrogens is 1. The third-order valence-corrected chi connectivity index (χ3v) is 9.50. The number of nitrogens with zero attached hydrogens (tertiary/aromatic N) is 1. The molecule has 0 aliphatic heterocycles. The second kappa shape index (κ2) is 10.5. The van der Waals surface area contributed by atoms with E-state index < -0.39 is 12.1 Å². The number of rotatable bonds is 7. The predicted molar refractivity (Wildman–Crippen MR) is 152 cm³/mol. The molecule has 9 heteroatoms. The number of hydrogen-bond donors (Lipinski definition) is 2. The molecular weight excluding hydrogens is 525 g/mol. The number of carboxylic acids is 1. The maximum Gasteiger partial charge on any atom is 0.412 e. The van der Waals surface area contributed by atoms with E-state index in [-0.39, 0.29) is 12.5 Å². The Morgan fingerprint density at radius 1 is 1.00 bits per heavy atom. The minimum absolute atomic E-state index is 0.0261. The topological polar surface area (TPSA) is 88.5 Å². The number of amides is 1. The van der Waals surface area contributed by atoms with Crippen LogP contribution in [0.5, 0.6) is 0 Å². The first-order valence-electron chi connectivity index (χ1n) is 11.6. The van der Waals surface area contributed by atoms with Gasteiger partial charge in [-0.05, 0) is 66.7 Å². The van der Waals surface area contributed by atoms with Gasteiger partial charge in [0, 0.05) is 14.3 Å². The van der Waals surface area contributed by atoms with Gasteiger partial charge >= 0.3 is 12.1 Å². The predicted octanol–water partition coefficient (Wildman–Crippen LogP) is 8.31. The van der Waals surface area contributed by atoms with Gasteiger partial charge in [-0.2, -0.15) is 4.37 Å². The lowest BCUT2D eigenvalue weighted by atomic mass is 10.0. The minimum atomic E-state index is -0.828. The average Bonchev–Trinajstić information content (AvgIpc) is 3.54. The molecule has 0 aliphatic carbocycles. The van der Waals surface area contributed by atoms with Crippen molar-refractivity contribution in [2.75, 3.05) is 5.32 Å². The Hall–Kier alpha value is -3.53. The number of carbonyl (C=O) groups is 2. The molecule has 0 unspecified atom stereocenters. The molecule has 0 saturated carbocycles. The third kappa shape index (κ3) is 5.44. The SMILES string of the molecule is Cc1cc(-c2cc3sc(-c4snc(C)c4NC(=O)O[C@H](C)c4ccccc4)cc3s2)ccc1CC(=O)O. The number of aliphatic carboxylic acids is 1. The van der Waals surface area contributed by atoms with Crippen LogP contribution >= 0.6 is 34.2 Å². The van der Waals surface area contributed by atoms with Crippen LogP contribution in [0.4, 0.5) is 10.5 Å². The number of fused-ring (bicyclic) bond motifs is 1. The number of benzene rings is 2. The lowest BCUT2D eigenvalue weighted by Gasteiger charge is -2.14. The molecule has 1 atom stereocenters. The van der Waals surface area contributed by atoms with Crippen LogP contribution in [0.1, 0.15) is 35.4 Å². The van der Waals surface area contributed by atoms with E-state index in [4.69, 9.17) is 9.84 Å². The standard InChI is InChI=1S/C28H24N2O4S3/c1-15-11-20(10-9-19(15)12-25(31)32)21-13-22-23(35-21)14-24(36-22)27-26(16(2)30-37-27)29-28(33)34-17(3)18-7-5-4-6-8-18/h4-11,13-14,17H,12H2,1-3H3,(H,29,33)(H,31,32)/t17-/m1/s1. The zero-order chi connectivity index (χ0) is 26.1. The van der Waals surface area contributed by atoms with Gasteiger partial charge in [0.2, 0.25) is 0 Å². The molecule has 3 heterocycles. The Morgan fingerprint density at radius 2 is 1.70 bits per heavy atom. The highest BCUT2D eigenvalue weighted by Crippen LogP contribution is 2.45. The molecule has 0 fully saturated rings. The fraction of sp³-hybridized carbons (Fsp3) is 0.179. The Kier molecular flexibility index (Phi) is 7.10. The molecule has 6 nitrogen and oxygen atoms in total. The van der Waals surface area contributed by atoms with Crippen LogP contribution in [0.3, 0.4) is 0 Å². The molecular formula is C28H24N2O4S3. The highest BCUT2D eigenvalue weighted by atomic mass is 32.1. The van der Waals surface area contributed by atoms with E-state index >= 15 is 0 Å². The van der Waals surface area contributed by atoms with Gasteiger partial charge in [-0.1, -0.05) is 48.5 Å². The highest BCUT2D eigenvalue weighted by molar-refractivity contribution is 7.32. The fourth-order valence-electron chi connectivity index (χ4n) is 4.07. The zero-order valence-corrected chi connectivity index (χ0v) is 22.9. The maximum atomic E-state index is 12.7. The second-order valence-electron chi connectivity index (χ2n) is 8.72. The third-order valence-electron chi connectivity index (χ3n) is 6.04. The van der Waals surface area contributed by atoms with Crippen molar-refractivity contribution in [2.45, 2.75) is 33.3 Å². The lowest BCUT2D eigenvalue weighted by molar-refractivity contribution is -0.136. The van der Waals surface area contributed by atoms with Crippen LogP contribution in [0, 0.1) is 13.8 Å². The van der Waals surface area contributed by atoms with E-state index in [1.165, 1.54) is 11.5 Å². The summed E-state index contributed by atoms with van der Waals surface area (Å²) < 4.78 is 12.4. The van der Waals surface area contributed by atoms with Crippen molar-refractivity contribution in [3.63, 3.8) is 0 Å². The fourth-order valence-corrected chi connectivity index (χ4v) is 7.40. The van der Waals surface area contributed by atoms with Crippen molar-refractivity contribution in [1.82, 2.24) is 4.37 Å². The molecule has 0 bridgehead atoms. The normalized spacial score (nSPS) is 12.0. The number of ether oxygens (including phenoxy) is 1. The number of aryl methyl sites for hydroxylation is 2. The van der Waals surface area contributed by atoms with Gasteiger partial charge in [-0.25, -0.2) is 4.79 Å². The molecule has 0 saturated heterocycles. The molecule has 0 aliphatic rings. The van der Waals surface area contributed by atoms with Crippen molar-refractivity contribution >= 4 is 61.4 Å². The Balaban J connectivity index is 1.35. The quantitative estimate of drug-likeness (QED) is 0.213. The number of thiophene rings is 2. The first-order valence-corrected chi connectivity index (χ1v) is 14.0. The first-order chi connectivity index (χ1) is 17.8. The number of nitrogens with one attached hydrogen (secondary N) is 1. The van der Waals surface area contributed by atoms with E-state index in [1.807, 2.05) is 69.3 Å². The maximum absolute atomic E-state index is 12.7. The summed E-state index contributed by atoms with van der Waals surface area (Å²) in [5, 5.41) is 12.0. The summed E-state index contributed by atoms with van der Waals surface area (Å²) in [5.74, 6) is -0.828. The van der Waals surface area contributed by atoms with Gasteiger partial charge < -0.3 is 9.84 Å². The smallest absolute Gasteiger partial charge is 0.412 e. The average molecular weight is 549 g/mol. The van der Waals surface area contributed by atoms with Crippen LogP contribution in [-0.2, 0) is 16.0 Å². The van der Waals surface area contributed by atoms with Crippen molar-refractivity contribution < 1.29 is 19.4 Å². The second-order valence-corrected chi connectivity index (χ2v) is 11.7. The number of carboxylic acid groups (broad SMARTS) is 1. The number of anilines is 1. The van der Waals surface area contributed by atoms with Crippen molar-refractivity contribution in [2.24, 2.45) is 0 Å². The van der Waals surface area contributed by atoms with Crippen LogP contribution in [-0.4, -0.2) is 21.5 Å². The van der Waals surface area contributed by atoms with E-state index in [2.05, 4.69) is 21.8 Å². The first kappa shape index (κ1) is 25.1. The van der Waals surface area contributed by atoms with E-state index in [0.717, 1.165) is 52.0 Å². The van der Waals surface area contributed by atoms with Crippen LogP contribution < -0.4 is 5.32 Å². The molecule has 0 spiro atoms. The molecule has 1 amide bonds.